The van der Waals surface area contributed by atoms with E-state index in [-0.39, 0.29) is 12.3 Å². The first-order chi connectivity index (χ1) is 17.9. The lowest BCUT2D eigenvalue weighted by atomic mass is 9.82. The topological polar surface area (TPSA) is 100 Å². The molecule has 0 saturated carbocycles. The van der Waals surface area contributed by atoms with Gasteiger partial charge in [0.2, 0.25) is 5.91 Å². The summed E-state index contributed by atoms with van der Waals surface area (Å²) in [6, 6.07) is 19.2. The summed E-state index contributed by atoms with van der Waals surface area (Å²) >= 11 is 0. The largest absolute Gasteiger partial charge is 0.480 e. The maximum atomic E-state index is 13.4. The van der Waals surface area contributed by atoms with Gasteiger partial charge in [0.1, 0.15) is 11.5 Å². The van der Waals surface area contributed by atoms with Gasteiger partial charge in [-0.15, -0.1) is 0 Å². The number of hydrogen-bond acceptors (Lipinski definition) is 5. The highest BCUT2D eigenvalue weighted by molar-refractivity contribution is 6.07. The molecule has 0 spiro atoms. The molecule has 2 aliphatic heterocycles. The molecule has 2 aromatic carbocycles. The number of benzene rings is 2. The highest BCUT2D eigenvalue weighted by Crippen LogP contribution is 2.35. The van der Waals surface area contributed by atoms with E-state index in [1.54, 1.807) is 17.2 Å². The van der Waals surface area contributed by atoms with Gasteiger partial charge in [-0.25, -0.2) is 14.5 Å². The molecule has 2 saturated heterocycles. The number of β-lactam (4-membered cyclic amide) rings is 1. The molecule has 3 heterocycles. The van der Waals surface area contributed by atoms with E-state index in [0.29, 0.717) is 18.8 Å². The van der Waals surface area contributed by atoms with Gasteiger partial charge in [-0.2, -0.15) is 0 Å². The number of amides is 3. The molecule has 3 amide bonds. The summed E-state index contributed by atoms with van der Waals surface area (Å²) in [7, 11) is 0. The minimum Gasteiger partial charge on any atom is -0.480 e. The van der Waals surface area contributed by atoms with Crippen LogP contribution in [0.15, 0.2) is 72.9 Å². The second-order valence-electron chi connectivity index (χ2n) is 9.66. The lowest BCUT2D eigenvalue weighted by Crippen LogP contribution is -2.69. The van der Waals surface area contributed by atoms with Crippen molar-refractivity contribution in [2.45, 2.75) is 38.1 Å². The number of aromatic nitrogens is 1. The summed E-state index contributed by atoms with van der Waals surface area (Å²) in [5.41, 5.74) is 2.67. The Morgan fingerprint density at radius 2 is 1.84 bits per heavy atom. The third kappa shape index (κ3) is 5.18. The number of nitrogens with zero attached hydrogens (tertiary/aromatic N) is 3. The number of piperidine rings is 1. The van der Waals surface area contributed by atoms with Crippen LogP contribution in [0.5, 0.6) is 11.5 Å². The monoisotopic (exact) mass is 499 g/mol. The molecule has 0 bridgehead atoms. The normalized spacial score (nSPS) is 21.3. The second kappa shape index (κ2) is 10.4. The number of aliphatic carboxylic acids is 1. The Labute approximate surface area is 215 Å². The molecular weight excluding hydrogens is 470 g/mol. The fraction of sp³-hybridized carbons (Fsp3) is 0.310. The summed E-state index contributed by atoms with van der Waals surface area (Å²) in [6.07, 6.45) is 3.55. The smallest absolute Gasteiger partial charge is 0.327 e. The fourth-order valence-corrected chi connectivity index (χ4v) is 5.26. The molecule has 5 rings (SSSR count). The van der Waals surface area contributed by atoms with Gasteiger partial charge in [-0.1, -0.05) is 30.3 Å². The Morgan fingerprint density at radius 1 is 1.05 bits per heavy atom. The predicted octanol–water partition coefficient (Wildman–Crippen LogP) is 4.64. The number of urea groups is 1. The van der Waals surface area contributed by atoms with Gasteiger partial charge < -0.3 is 14.7 Å². The standard InChI is InChI=1S/C29H29N3O5/c1-19-15-20(12-13-30-19)16-25-26(28(34)35)32(27(25)33)29(36)31-14-6-8-22(18-31)21-7-5-11-24(17-21)37-23-9-3-2-4-10-23/h2-5,7,9-13,15,17,22,25-26H,6,8,14,16,18H2,1H3,(H,34,35)/t22?,25-,26+/m1/s1. The maximum Gasteiger partial charge on any atom is 0.327 e. The third-order valence-electron chi connectivity index (χ3n) is 7.09. The van der Waals surface area contributed by atoms with Gasteiger partial charge in [0.05, 0.1) is 5.92 Å². The molecule has 0 radical (unpaired) electrons. The molecule has 8 nitrogen and oxygen atoms in total. The van der Waals surface area contributed by atoms with Crippen molar-refractivity contribution >= 4 is 17.9 Å². The average molecular weight is 500 g/mol. The van der Waals surface area contributed by atoms with Gasteiger partial charge in [0, 0.05) is 30.9 Å². The molecule has 1 N–H and O–H groups in total. The first-order valence-electron chi connectivity index (χ1n) is 12.5. The third-order valence-corrected chi connectivity index (χ3v) is 7.09. The van der Waals surface area contributed by atoms with E-state index < -0.39 is 29.9 Å². The first kappa shape index (κ1) is 24.5. The van der Waals surface area contributed by atoms with Crippen LogP contribution in [0.4, 0.5) is 4.79 Å². The van der Waals surface area contributed by atoms with Crippen molar-refractivity contribution in [3.63, 3.8) is 0 Å². The number of imide groups is 1. The minimum absolute atomic E-state index is 0.0623. The van der Waals surface area contributed by atoms with Gasteiger partial charge in [-0.3, -0.25) is 9.78 Å². The number of aryl methyl sites for hydroxylation is 1. The lowest BCUT2D eigenvalue weighted by Gasteiger charge is -2.46. The van der Waals surface area contributed by atoms with E-state index in [1.165, 1.54) is 0 Å². The molecule has 190 valence electrons. The van der Waals surface area contributed by atoms with Crippen LogP contribution in [0.2, 0.25) is 0 Å². The van der Waals surface area contributed by atoms with Crippen molar-refractivity contribution in [3.05, 3.63) is 89.7 Å². The van der Waals surface area contributed by atoms with E-state index in [1.807, 2.05) is 67.6 Å². The van der Waals surface area contributed by atoms with E-state index in [9.17, 15) is 19.5 Å². The van der Waals surface area contributed by atoms with Crippen LogP contribution in [-0.2, 0) is 16.0 Å². The van der Waals surface area contributed by atoms with Crippen LogP contribution >= 0.6 is 0 Å². The van der Waals surface area contributed by atoms with Crippen molar-refractivity contribution < 1.29 is 24.2 Å². The molecule has 3 aromatic rings. The van der Waals surface area contributed by atoms with E-state index in [4.69, 9.17) is 4.74 Å². The van der Waals surface area contributed by atoms with Crippen molar-refractivity contribution in [2.24, 2.45) is 5.92 Å². The van der Waals surface area contributed by atoms with Crippen LogP contribution in [0.3, 0.4) is 0 Å². The Bertz CT molecular complexity index is 1310. The molecule has 1 unspecified atom stereocenters. The zero-order valence-electron chi connectivity index (χ0n) is 20.6. The van der Waals surface area contributed by atoms with E-state index in [2.05, 4.69) is 4.98 Å². The number of ether oxygens (including phenoxy) is 1. The fourth-order valence-electron chi connectivity index (χ4n) is 5.26. The lowest BCUT2D eigenvalue weighted by molar-refractivity contribution is -0.166. The average Bonchev–Trinajstić information content (AvgIpc) is 2.90. The molecule has 2 fully saturated rings. The number of pyridine rings is 1. The Balaban J connectivity index is 1.27. The zero-order chi connectivity index (χ0) is 25.9. The van der Waals surface area contributed by atoms with Gasteiger partial charge >= 0.3 is 12.0 Å². The summed E-state index contributed by atoms with van der Waals surface area (Å²) in [5.74, 6) is -0.851. The second-order valence-corrected chi connectivity index (χ2v) is 9.66. The number of likely N-dealkylation sites (tertiary alicyclic amines) is 2. The number of para-hydroxylation sites is 1. The van der Waals surface area contributed by atoms with Gasteiger partial charge in [0.25, 0.3) is 0 Å². The van der Waals surface area contributed by atoms with Crippen LogP contribution in [0.25, 0.3) is 0 Å². The highest BCUT2D eigenvalue weighted by Gasteiger charge is 2.55. The zero-order valence-corrected chi connectivity index (χ0v) is 20.6. The van der Waals surface area contributed by atoms with Crippen LogP contribution in [0, 0.1) is 12.8 Å². The first-order valence-corrected chi connectivity index (χ1v) is 12.5. The highest BCUT2D eigenvalue weighted by atomic mass is 16.5. The van der Waals surface area contributed by atoms with Crippen molar-refractivity contribution in [1.82, 2.24) is 14.8 Å². The van der Waals surface area contributed by atoms with Crippen molar-refractivity contribution in [2.75, 3.05) is 13.1 Å². The predicted molar refractivity (Wildman–Crippen MR) is 136 cm³/mol. The minimum atomic E-state index is -1.17. The van der Waals surface area contributed by atoms with E-state index >= 15 is 0 Å². The molecule has 37 heavy (non-hydrogen) atoms. The Morgan fingerprint density at radius 3 is 2.59 bits per heavy atom. The van der Waals surface area contributed by atoms with Gasteiger partial charge in [0.15, 0.2) is 6.04 Å². The summed E-state index contributed by atoms with van der Waals surface area (Å²) in [6.45, 7) is 2.74. The maximum absolute atomic E-state index is 13.4. The molecule has 3 atom stereocenters. The number of carbonyl (C=O) groups is 3. The molecule has 8 heteroatoms. The Hall–Kier alpha value is -4.20. The molecular formula is C29H29N3O5. The SMILES string of the molecule is Cc1cc(C[C@H]2C(=O)N(C(=O)N3CCCC(c4cccc(Oc5ccccc5)c4)C3)[C@@H]2C(=O)O)ccn1. The number of rotatable bonds is 6. The van der Waals surface area contributed by atoms with Gasteiger partial charge in [-0.05, 0) is 73.7 Å². The number of carboxylic acids is 1. The number of hydrogen-bond donors (Lipinski definition) is 1. The molecule has 0 aliphatic carbocycles. The van der Waals surface area contributed by atoms with Crippen LogP contribution in [-0.4, -0.2) is 56.9 Å². The van der Waals surface area contributed by atoms with Crippen molar-refractivity contribution in [1.29, 1.82) is 0 Å². The van der Waals surface area contributed by atoms with Crippen LogP contribution in [0.1, 0.15) is 35.6 Å². The quantitative estimate of drug-likeness (QED) is 0.496. The summed E-state index contributed by atoms with van der Waals surface area (Å²) < 4.78 is 5.97. The van der Waals surface area contributed by atoms with E-state index in [0.717, 1.165) is 40.3 Å². The number of carbonyl (C=O) groups excluding carboxylic acids is 2. The summed E-state index contributed by atoms with van der Waals surface area (Å²) in [5, 5.41) is 9.86. The molecule has 2 aliphatic rings. The number of carboxylic acid groups (broad SMARTS) is 1. The summed E-state index contributed by atoms with van der Waals surface area (Å²) in [4.78, 5) is 45.1. The van der Waals surface area contributed by atoms with Crippen molar-refractivity contribution in [3.8, 4) is 11.5 Å². The molecule has 1 aromatic heterocycles. The Kier molecular flexibility index (Phi) is 6.90. The van der Waals surface area contributed by atoms with Crippen LogP contribution < -0.4 is 4.74 Å².